The lowest BCUT2D eigenvalue weighted by Crippen LogP contribution is -2.30. The average molecular weight is 392 g/mol. The van der Waals surface area contributed by atoms with Gasteiger partial charge in [0.15, 0.2) is 0 Å². The van der Waals surface area contributed by atoms with Crippen LogP contribution in [0.1, 0.15) is 11.1 Å². The van der Waals surface area contributed by atoms with Crippen LogP contribution in [0, 0.1) is 0 Å². The maximum absolute atomic E-state index is 12.4. The van der Waals surface area contributed by atoms with Crippen LogP contribution >= 0.6 is 27.5 Å². The van der Waals surface area contributed by atoms with Gasteiger partial charge in [0.2, 0.25) is 0 Å². The Kier molecular flexibility index (Phi) is 4.50. The van der Waals surface area contributed by atoms with Crippen molar-refractivity contribution in [3.05, 3.63) is 74.9 Å². The van der Waals surface area contributed by atoms with E-state index in [-0.39, 0.29) is 18.1 Å². The quantitative estimate of drug-likeness (QED) is 0.630. The molecular formula is C17H12BrClN2O2. The number of urea groups is 1. The van der Waals surface area contributed by atoms with Gasteiger partial charge in [-0.25, -0.2) is 4.79 Å². The minimum Gasteiger partial charge on any atom is -0.303 e. The topological polar surface area (TPSA) is 49.4 Å². The van der Waals surface area contributed by atoms with E-state index >= 15 is 0 Å². The molecule has 2 aromatic carbocycles. The molecule has 3 amide bonds. The van der Waals surface area contributed by atoms with Crippen molar-refractivity contribution in [3.8, 4) is 0 Å². The Labute approximate surface area is 146 Å². The van der Waals surface area contributed by atoms with Gasteiger partial charge in [0.25, 0.3) is 5.91 Å². The number of amides is 3. The zero-order chi connectivity index (χ0) is 16.4. The molecule has 3 rings (SSSR count). The van der Waals surface area contributed by atoms with E-state index in [4.69, 9.17) is 11.6 Å². The normalized spacial score (nSPS) is 16.1. The molecule has 1 aliphatic rings. The number of hydrogen-bond donors (Lipinski definition) is 1. The molecule has 1 aliphatic heterocycles. The molecule has 1 heterocycles. The van der Waals surface area contributed by atoms with Crippen LogP contribution < -0.4 is 5.32 Å². The van der Waals surface area contributed by atoms with Crippen LogP contribution in [0.15, 0.2) is 58.7 Å². The van der Waals surface area contributed by atoms with Crippen LogP contribution in [-0.2, 0) is 11.3 Å². The van der Waals surface area contributed by atoms with Crippen molar-refractivity contribution in [2.45, 2.75) is 6.54 Å². The summed E-state index contributed by atoms with van der Waals surface area (Å²) in [7, 11) is 0. The molecule has 4 nitrogen and oxygen atoms in total. The number of hydrogen-bond acceptors (Lipinski definition) is 2. The van der Waals surface area contributed by atoms with Crippen LogP contribution in [0.25, 0.3) is 6.08 Å². The second kappa shape index (κ2) is 6.56. The fourth-order valence-electron chi connectivity index (χ4n) is 2.21. The molecule has 0 aromatic heterocycles. The smallest absolute Gasteiger partial charge is 0.303 e. The molecule has 1 N–H and O–H groups in total. The van der Waals surface area contributed by atoms with Crippen molar-refractivity contribution >= 4 is 45.5 Å². The van der Waals surface area contributed by atoms with Gasteiger partial charge in [0, 0.05) is 9.50 Å². The number of carbonyl (C=O) groups is 2. The van der Waals surface area contributed by atoms with Crippen molar-refractivity contribution in [2.24, 2.45) is 0 Å². The first-order valence-electron chi connectivity index (χ1n) is 6.87. The summed E-state index contributed by atoms with van der Waals surface area (Å²) in [4.78, 5) is 25.6. The number of imide groups is 1. The van der Waals surface area contributed by atoms with Crippen LogP contribution in [0.5, 0.6) is 0 Å². The van der Waals surface area contributed by atoms with Gasteiger partial charge in [0.1, 0.15) is 5.70 Å². The zero-order valence-corrected chi connectivity index (χ0v) is 14.3. The fourth-order valence-corrected chi connectivity index (χ4v) is 2.60. The molecule has 1 fully saturated rings. The summed E-state index contributed by atoms with van der Waals surface area (Å²) >= 11 is 9.19. The Bertz CT molecular complexity index is 785. The predicted molar refractivity (Wildman–Crippen MR) is 92.7 cm³/mol. The molecule has 2 aromatic rings. The number of nitrogens with one attached hydrogen (secondary N) is 1. The lowest BCUT2D eigenvalue weighted by molar-refractivity contribution is -0.123. The van der Waals surface area contributed by atoms with Gasteiger partial charge < -0.3 is 5.32 Å². The molecule has 0 bridgehead atoms. The van der Waals surface area contributed by atoms with E-state index < -0.39 is 6.03 Å². The predicted octanol–water partition coefficient (Wildman–Crippen LogP) is 4.20. The third-order valence-electron chi connectivity index (χ3n) is 3.40. The van der Waals surface area contributed by atoms with Crippen LogP contribution in [0.3, 0.4) is 0 Å². The van der Waals surface area contributed by atoms with Gasteiger partial charge >= 0.3 is 6.03 Å². The summed E-state index contributed by atoms with van der Waals surface area (Å²) in [6, 6.07) is 14.1. The maximum atomic E-state index is 12.4. The number of benzene rings is 2. The van der Waals surface area contributed by atoms with Gasteiger partial charge in [-0.05, 0) is 41.5 Å². The van der Waals surface area contributed by atoms with Gasteiger partial charge in [0.05, 0.1) is 6.54 Å². The first kappa shape index (κ1) is 15.8. The lowest BCUT2D eigenvalue weighted by Gasteiger charge is -2.11. The van der Waals surface area contributed by atoms with E-state index in [1.807, 2.05) is 24.3 Å². The largest absolute Gasteiger partial charge is 0.329 e. The minimum atomic E-state index is -0.423. The molecule has 0 radical (unpaired) electrons. The van der Waals surface area contributed by atoms with E-state index in [0.29, 0.717) is 5.02 Å². The van der Waals surface area contributed by atoms with Gasteiger partial charge in [-0.1, -0.05) is 51.8 Å². The van der Waals surface area contributed by atoms with Crippen molar-refractivity contribution in [1.82, 2.24) is 10.2 Å². The molecule has 0 spiro atoms. The number of halogens is 2. The maximum Gasteiger partial charge on any atom is 0.329 e. The lowest BCUT2D eigenvalue weighted by atomic mass is 10.2. The fraction of sp³-hybridized carbons (Fsp3) is 0.0588. The van der Waals surface area contributed by atoms with Crippen molar-refractivity contribution in [2.75, 3.05) is 0 Å². The highest BCUT2D eigenvalue weighted by Crippen LogP contribution is 2.19. The van der Waals surface area contributed by atoms with Crippen LogP contribution in [-0.4, -0.2) is 16.8 Å². The summed E-state index contributed by atoms with van der Waals surface area (Å²) in [5.41, 5.74) is 1.94. The Morgan fingerprint density at radius 2 is 1.70 bits per heavy atom. The molecule has 0 aliphatic carbocycles. The SMILES string of the molecule is O=C1NC(=Cc2ccc(Br)cc2)C(=O)N1Cc1ccc(Cl)cc1. The van der Waals surface area contributed by atoms with Crippen molar-refractivity contribution < 1.29 is 9.59 Å². The third-order valence-corrected chi connectivity index (χ3v) is 4.18. The Balaban J connectivity index is 1.79. The van der Waals surface area contributed by atoms with E-state index in [1.54, 1.807) is 30.3 Å². The van der Waals surface area contributed by atoms with E-state index in [2.05, 4.69) is 21.2 Å². The Hall–Kier alpha value is -2.11. The summed E-state index contributed by atoms with van der Waals surface area (Å²) in [5, 5.41) is 3.22. The summed E-state index contributed by atoms with van der Waals surface area (Å²) in [6.07, 6.45) is 1.66. The minimum absolute atomic E-state index is 0.208. The molecular weight excluding hydrogens is 380 g/mol. The van der Waals surface area contributed by atoms with Gasteiger partial charge in [-0.2, -0.15) is 0 Å². The Morgan fingerprint density at radius 1 is 1.04 bits per heavy atom. The molecule has 0 atom stereocenters. The standard InChI is InChI=1S/C17H12BrClN2O2/c18-13-5-1-11(2-6-13)9-15-16(22)21(17(23)20-15)10-12-3-7-14(19)8-4-12/h1-9H,10H2,(H,20,23). The van der Waals surface area contributed by atoms with Gasteiger partial charge in [-0.15, -0.1) is 0 Å². The second-order valence-electron chi connectivity index (χ2n) is 5.06. The molecule has 23 heavy (non-hydrogen) atoms. The van der Waals surface area contributed by atoms with E-state index in [9.17, 15) is 9.59 Å². The van der Waals surface area contributed by atoms with Gasteiger partial charge in [-0.3, -0.25) is 9.69 Å². The molecule has 0 unspecified atom stereocenters. The number of nitrogens with zero attached hydrogens (tertiary/aromatic N) is 1. The average Bonchev–Trinajstić information content (AvgIpc) is 2.79. The second-order valence-corrected chi connectivity index (χ2v) is 6.41. The molecule has 1 saturated heterocycles. The summed E-state index contributed by atoms with van der Waals surface area (Å²) in [5.74, 6) is -0.340. The van der Waals surface area contributed by atoms with E-state index in [1.165, 1.54) is 4.90 Å². The highest BCUT2D eigenvalue weighted by Gasteiger charge is 2.33. The van der Waals surface area contributed by atoms with Crippen molar-refractivity contribution in [1.29, 1.82) is 0 Å². The Morgan fingerprint density at radius 3 is 2.35 bits per heavy atom. The monoisotopic (exact) mass is 390 g/mol. The third kappa shape index (κ3) is 3.63. The summed E-state index contributed by atoms with van der Waals surface area (Å²) < 4.78 is 0.950. The van der Waals surface area contributed by atoms with Crippen LogP contribution in [0.2, 0.25) is 5.02 Å². The first-order valence-corrected chi connectivity index (χ1v) is 8.04. The molecule has 6 heteroatoms. The number of rotatable bonds is 3. The highest BCUT2D eigenvalue weighted by atomic mass is 79.9. The highest BCUT2D eigenvalue weighted by molar-refractivity contribution is 9.10. The zero-order valence-electron chi connectivity index (χ0n) is 11.9. The number of carbonyl (C=O) groups excluding carboxylic acids is 2. The van der Waals surface area contributed by atoms with Crippen LogP contribution in [0.4, 0.5) is 4.79 Å². The molecule has 116 valence electrons. The molecule has 0 saturated carbocycles. The first-order chi connectivity index (χ1) is 11.0. The van der Waals surface area contributed by atoms with Crippen molar-refractivity contribution in [3.63, 3.8) is 0 Å². The van der Waals surface area contributed by atoms with E-state index in [0.717, 1.165) is 15.6 Å². The summed E-state index contributed by atoms with van der Waals surface area (Å²) in [6.45, 7) is 0.208.